The van der Waals surface area contributed by atoms with Crippen molar-refractivity contribution in [2.24, 2.45) is 5.92 Å². The second-order valence-electron chi connectivity index (χ2n) is 5.64. The lowest BCUT2D eigenvalue weighted by atomic mass is 9.87. The van der Waals surface area contributed by atoms with Crippen LogP contribution in [0.4, 0.5) is 0 Å². The number of hydrogen-bond donors (Lipinski definition) is 1. The summed E-state index contributed by atoms with van der Waals surface area (Å²) in [6.07, 6.45) is 7.47. The Hall–Kier alpha value is -0.770. The summed E-state index contributed by atoms with van der Waals surface area (Å²) in [5, 5.41) is 2.90. The highest BCUT2D eigenvalue weighted by molar-refractivity contribution is 6.27. The SMILES string of the molecule is O=C(CCl)NC1CCN(C(=O)C2CCCCC2)CC1. The Balaban J connectivity index is 1.76. The quantitative estimate of drug-likeness (QED) is 0.806. The number of rotatable bonds is 3. The summed E-state index contributed by atoms with van der Waals surface area (Å²) in [5.74, 6) is 0.490. The molecule has 2 aliphatic rings. The summed E-state index contributed by atoms with van der Waals surface area (Å²) in [7, 11) is 0. The van der Waals surface area contributed by atoms with Crippen molar-refractivity contribution in [3.05, 3.63) is 0 Å². The average Bonchev–Trinajstić information content (AvgIpc) is 2.48. The minimum atomic E-state index is -0.112. The van der Waals surface area contributed by atoms with Crippen molar-refractivity contribution in [1.29, 1.82) is 0 Å². The van der Waals surface area contributed by atoms with Gasteiger partial charge in [-0.25, -0.2) is 0 Å². The van der Waals surface area contributed by atoms with Gasteiger partial charge in [0.1, 0.15) is 5.88 Å². The van der Waals surface area contributed by atoms with Crippen molar-refractivity contribution < 1.29 is 9.59 Å². The highest BCUT2D eigenvalue weighted by atomic mass is 35.5. The van der Waals surface area contributed by atoms with Crippen LogP contribution in [0.5, 0.6) is 0 Å². The first kappa shape index (κ1) is 14.6. The molecule has 2 amide bonds. The summed E-state index contributed by atoms with van der Waals surface area (Å²) in [4.78, 5) is 25.6. The van der Waals surface area contributed by atoms with Crippen LogP contribution in [0, 0.1) is 5.92 Å². The van der Waals surface area contributed by atoms with Crippen molar-refractivity contribution in [3.8, 4) is 0 Å². The molecule has 0 bridgehead atoms. The zero-order valence-corrected chi connectivity index (χ0v) is 12.1. The van der Waals surface area contributed by atoms with Gasteiger partial charge in [-0.05, 0) is 25.7 Å². The number of piperidine rings is 1. The largest absolute Gasteiger partial charge is 0.352 e. The minimum absolute atomic E-state index is 0.0151. The molecule has 1 saturated carbocycles. The van der Waals surface area contributed by atoms with E-state index in [0.29, 0.717) is 5.91 Å². The molecule has 0 unspecified atom stereocenters. The molecule has 2 fully saturated rings. The summed E-state index contributed by atoms with van der Waals surface area (Å²) in [6.45, 7) is 1.53. The topological polar surface area (TPSA) is 49.4 Å². The third-order valence-electron chi connectivity index (χ3n) is 4.25. The van der Waals surface area contributed by atoms with E-state index in [4.69, 9.17) is 11.6 Å². The maximum atomic E-state index is 12.4. The molecule has 1 aliphatic heterocycles. The minimum Gasteiger partial charge on any atom is -0.352 e. The Morgan fingerprint density at radius 3 is 2.26 bits per heavy atom. The van der Waals surface area contributed by atoms with E-state index in [-0.39, 0.29) is 23.7 Å². The number of likely N-dealkylation sites (tertiary alicyclic amines) is 1. The van der Waals surface area contributed by atoms with Gasteiger partial charge in [0.05, 0.1) is 0 Å². The van der Waals surface area contributed by atoms with Crippen LogP contribution >= 0.6 is 11.6 Å². The Labute approximate surface area is 119 Å². The number of carbonyl (C=O) groups is 2. The number of carbonyl (C=O) groups excluding carboxylic acids is 2. The monoisotopic (exact) mass is 286 g/mol. The van der Waals surface area contributed by atoms with Crippen LogP contribution in [0.1, 0.15) is 44.9 Å². The molecule has 1 aliphatic carbocycles. The molecular formula is C14H23ClN2O2. The molecule has 108 valence electrons. The molecule has 0 spiro atoms. The lowest BCUT2D eigenvalue weighted by molar-refractivity contribution is -0.137. The molecule has 0 aromatic carbocycles. The Morgan fingerprint density at radius 1 is 1.05 bits per heavy atom. The molecule has 0 aromatic heterocycles. The third kappa shape index (κ3) is 4.10. The van der Waals surface area contributed by atoms with Crippen molar-refractivity contribution in [2.45, 2.75) is 51.0 Å². The van der Waals surface area contributed by atoms with Gasteiger partial charge in [0.2, 0.25) is 11.8 Å². The predicted octanol–water partition coefficient (Wildman–Crippen LogP) is 1.91. The van der Waals surface area contributed by atoms with Crippen LogP contribution in [0.3, 0.4) is 0 Å². The van der Waals surface area contributed by atoms with Crippen LogP contribution in [0.25, 0.3) is 0 Å². The summed E-state index contributed by atoms with van der Waals surface area (Å²) >= 11 is 5.48. The van der Waals surface area contributed by atoms with Crippen LogP contribution in [0.2, 0.25) is 0 Å². The number of halogens is 1. The van der Waals surface area contributed by atoms with Crippen molar-refractivity contribution in [3.63, 3.8) is 0 Å². The third-order valence-corrected chi connectivity index (χ3v) is 4.49. The van der Waals surface area contributed by atoms with E-state index in [2.05, 4.69) is 5.32 Å². The smallest absolute Gasteiger partial charge is 0.235 e. The fourth-order valence-electron chi connectivity index (χ4n) is 3.12. The summed E-state index contributed by atoms with van der Waals surface area (Å²) in [5.41, 5.74) is 0. The number of hydrogen-bond acceptors (Lipinski definition) is 2. The second-order valence-corrected chi connectivity index (χ2v) is 5.90. The highest BCUT2D eigenvalue weighted by Crippen LogP contribution is 2.26. The van der Waals surface area contributed by atoms with E-state index < -0.39 is 0 Å². The number of alkyl halides is 1. The predicted molar refractivity (Wildman–Crippen MR) is 75.0 cm³/mol. The Bertz CT molecular complexity index is 321. The normalized spacial score (nSPS) is 22.3. The first-order chi connectivity index (χ1) is 9.20. The van der Waals surface area contributed by atoms with E-state index in [1.165, 1.54) is 19.3 Å². The van der Waals surface area contributed by atoms with Gasteiger partial charge in [0.25, 0.3) is 0 Å². The first-order valence-electron chi connectivity index (χ1n) is 7.35. The molecule has 1 saturated heterocycles. The van der Waals surface area contributed by atoms with Gasteiger partial charge < -0.3 is 10.2 Å². The van der Waals surface area contributed by atoms with Crippen molar-refractivity contribution in [2.75, 3.05) is 19.0 Å². The van der Waals surface area contributed by atoms with Crippen LogP contribution in [0.15, 0.2) is 0 Å². The number of nitrogens with one attached hydrogen (secondary N) is 1. The van der Waals surface area contributed by atoms with Crippen molar-refractivity contribution in [1.82, 2.24) is 10.2 Å². The van der Waals surface area contributed by atoms with Gasteiger partial charge in [-0.2, -0.15) is 0 Å². The zero-order valence-electron chi connectivity index (χ0n) is 11.4. The van der Waals surface area contributed by atoms with Gasteiger partial charge in [-0.1, -0.05) is 19.3 Å². The molecule has 19 heavy (non-hydrogen) atoms. The molecule has 1 heterocycles. The highest BCUT2D eigenvalue weighted by Gasteiger charge is 2.29. The fourth-order valence-corrected chi connectivity index (χ4v) is 3.20. The Kier molecular flexibility index (Phi) is 5.49. The molecule has 1 N–H and O–H groups in total. The lowest BCUT2D eigenvalue weighted by Gasteiger charge is -2.35. The van der Waals surface area contributed by atoms with Gasteiger partial charge in [-0.15, -0.1) is 11.6 Å². The summed E-state index contributed by atoms with van der Waals surface area (Å²) in [6, 6.07) is 0.182. The molecule has 2 rings (SSSR count). The van der Waals surface area contributed by atoms with E-state index in [9.17, 15) is 9.59 Å². The average molecular weight is 287 g/mol. The molecule has 4 nitrogen and oxygen atoms in total. The zero-order chi connectivity index (χ0) is 13.7. The second kappa shape index (κ2) is 7.13. The van der Waals surface area contributed by atoms with Gasteiger partial charge in [0, 0.05) is 25.0 Å². The molecular weight excluding hydrogens is 264 g/mol. The number of amides is 2. The summed E-state index contributed by atoms with van der Waals surface area (Å²) < 4.78 is 0. The van der Waals surface area contributed by atoms with E-state index in [1.54, 1.807) is 0 Å². The maximum absolute atomic E-state index is 12.4. The van der Waals surface area contributed by atoms with E-state index in [0.717, 1.165) is 38.8 Å². The Morgan fingerprint density at radius 2 is 1.68 bits per heavy atom. The van der Waals surface area contributed by atoms with Gasteiger partial charge in [-0.3, -0.25) is 9.59 Å². The maximum Gasteiger partial charge on any atom is 0.235 e. The van der Waals surface area contributed by atoms with Crippen LogP contribution in [-0.4, -0.2) is 41.7 Å². The number of nitrogens with zero attached hydrogens (tertiary/aromatic N) is 1. The molecule has 0 aromatic rings. The van der Waals surface area contributed by atoms with Crippen LogP contribution < -0.4 is 5.32 Å². The molecule has 5 heteroatoms. The van der Waals surface area contributed by atoms with Gasteiger partial charge >= 0.3 is 0 Å². The van der Waals surface area contributed by atoms with Crippen LogP contribution in [-0.2, 0) is 9.59 Å². The first-order valence-corrected chi connectivity index (χ1v) is 7.88. The fraction of sp³-hybridized carbons (Fsp3) is 0.857. The molecule has 0 radical (unpaired) electrons. The van der Waals surface area contributed by atoms with E-state index >= 15 is 0 Å². The standard InChI is InChI=1S/C14H23ClN2O2/c15-10-13(18)16-12-6-8-17(9-7-12)14(19)11-4-2-1-3-5-11/h11-12H,1-10H2,(H,16,18). The van der Waals surface area contributed by atoms with Gasteiger partial charge in [0.15, 0.2) is 0 Å². The van der Waals surface area contributed by atoms with E-state index in [1.807, 2.05) is 4.90 Å². The van der Waals surface area contributed by atoms with Crippen molar-refractivity contribution >= 4 is 23.4 Å². The molecule has 0 atom stereocenters. The lowest BCUT2D eigenvalue weighted by Crippen LogP contribution is -2.48.